The van der Waals surface area contributed by atoms with Crippen LogP contribution in [0, 0.1) is 0 Å². The monoisotopic (exact) mass is 200 g/mol. The van der Waals surface area contributed by atoms with Gasteiger partial charge >= 0.3 is 5.97 Å². The molecule has 1 aliphatic heterocycles. The SMILES string of the molecule is O=C(O)c1cc2c(s1)CCCS2. The molecule has 0 saturated heterocycles. The molecule has 0 saturated carbocycles. The summed E-state index contributed by atoms with van der Waals surface area (Å²) in [5, 5.41) is 8.74. The van der Waals surface area contributed by atoms with E-state index in [0.717, 1.165) is 12.2 Å². The zero-order valence-electron chi connectivity index (χ0n) is 6.37. The lowest BCUT2D eigenvalue weighted by molar-refractivity contribution is 0.0702. The second-order valence-electron chi connectivity index (χ2n) is 2.66. The molecule has 0 spiro atoms. The molecule has 0 unspecified atom stereocenters. The third-order valence-corrected chi connectivity index (χ3v) is 4.27. The highest BCUT2D eigenvalue weighted by Crippen LogP contribution is 2.36. The first kappa shape index (κ1) is 8.13. The van der Waals surface area contributed by atoms with Crippen molar-refractivity contribution >= 4 is 29.1 Å². The molecule has 2 nitrogen and oxygen atoms in total. The molecule has 0 amide bonds. The van der Waals surface area contributed by atoms with Crippen LogP contribution in [0.5, 0.6) is 0 Å². The third-order valence-electron chi connectivity index (χ3n) is 1.79. The fourth-order valence-electron chi connectivity index (χ4n) is 1.23. The molecule has 0 fully saturated rings. The summed E-state index contributed by atoms with van der Waals surface area (Å²) in [5.74, 6) is 0.331. The van der Waals surface area contributed by atoms with E-state index in [1.165, 1.54) is 27.5 Å². The molecule has 1 aromatic heterocycles. The van der Waals surface area contributed by atoms with E-state index in [-0.39, 0.29) is 0 Å². The first-order chi connectivity index (χ1) is 5.77. The Labute approximate surface area is 78.6 Å². The van der Waals surface area contributed by atoms with Crippen LogP contribution in [-0.4, -0.2) is 16.8 Å². The number of thiophene rings is 1. The number of thioether (sulfide) groups is 1. The largest absolute Gasteiger partial charge is 0.477 e. The lowest BCUT2D eigenvalue weighted by atomic mass is 10.3. The standard InChI is InChI=1S/C8H8O2S2/c9-8(10)7-4-6-5(12-7)2-1-3-11-6/h4H,1-3H2,(H,9,10). The van der Waals surface area contributed by atoms with E-state index < -0.39 is 5.97 Å². The lowest BCUT2D eigenvalue weighted by Gasteiger charge is -2.08. The first-order valence-electron chi connectivity index (χ1n) is 3.76. The number of hydrogen-bond acceptors (Lipinski definition) is 3. The number of aryl methyl sites for hydroxylation is 1. The number of carboxylic acid groups (broad SMARTS) is 1. The highest BCUT2D eigenvalue weighted by atomic mass is 32.2. The van der Waals surface area contributed by atoms with Gasteiger partial charge in [0.25, 0.3) is 0 Å². The highest BCUT2D eigenvalue weighted by molar-refractivity contribution is 7.99. The Hall–Kier alpha value is -0.480. The normalized spacial score (nSPS) is 15.7. The highest BCUT2D eigenvalue weighted by Gasteiger charge is 2.16. The molecular weight excluding hydrogens is 192 g/mol. The average molecular weight is 200 g/mol. The van der Waals surface area contributed by atoms with Crippen molar-refractivity contribution in [2.75, 3.05) is 5.75 Å². The van der Waals surface area contributed by atoms with Gasteiger partial charge in [0.2, 0.25) is 0 Å². The molecular formula is C8H8O2S2. The molecule has 1 aliphatic rings. The Bertz CT molecular complexity index is 293. The number of carboxylic acids is 1. The van der Waals surface area contributed by atoms with Crippen molar-refractivity contribution in [2.24, 2.45) is 0 Å². The number of aromatic carboxylic acids is 1. The van der Waals surface area contributed by atoms with Gasteiger partial charge in [0.05, 0.1) is 0 Å². The predicted octanol–water partition coefficient (Wildman–Crippen LogP) is 2.48. The summed E-state index contributed by atoms with van der Waals surface area (Å²) in [6.45, 7) is 0. The van der Waals surface area contributed by atoms with Gasteiger partial charge in [0.15, 0.2) is 0 Å². The van der Waals surface area contributed by atoms with Gasteiger partial charge in [-0.25, -0.2) is 4.79 Å². The molecule has 4 heteroatoms. The minimum absolute atomic E-state index is 0.481. The fraction of sp³-hybridized carbons (Fsp3) is 0.375. The zero-order chi connectivity index (χ0) is 8.55. The van der Waals surface area contributed by atoms with Gasteiger partial charge in [-0.2, -0.15) is 0 Å². The van der Waals surface area contributed by atoms with E-state index in [2.05, 4.69) is 0 Å². The van der Waals surface area contributed by atoms with Crippen LogP contribution in [-0.2, 0) is 6.42 Å². The van der Waals surface area contributed by atoms with Crippen LogP contribution >= 0.6 is 23.1 Å². The van der Waals surface area contributed by atoms with Crippen molar-refractivity contribution in [3.05, 3.63) is 15.8 Å². The molecule has 0 atom stereocenters. The maximum Gasteiger partial charge on any atom is 0.345 e. The molecule has 2 rings (SSSR count). The van der Waals surface area contributed by atoms with E-state index in [1.54, 1.807) is 17.8 Å². The van der Waals surface area contributed by atoms with E-state index >= 15 is 0 Å². The van der Waals surface area contributed by atoms with Crippen LogP contribution in [0.4, 0.5) is 0 Å². The van der Waals surface area contributed by atoms with Gasteiger partial charge < -0.3 is 5.11 Å². The smallest absolute Gasteiger partial charge is 0.345 e. The molecule has 0 aliphatic carbocycles. The second-order valence-corrected chi connectivity index (χ2v) is 4.93. The Balaban J connectivity index is 2.38. The van der Waals surface area contributed by atoms with Gasteiger partial charge in [0, 0.05) is 9.77 Å². The molecule has 0 aromatic carbocycles. The molecule has 0 radical (unpaired) electrons. The number of fused-ring (bicyclic) bond motifs is 1. The summed E-state index contributed by atoms with van der Waals surface area (Å²) in [7, 11) is 0. The van der Waals surface area contributed by atoms with Crippen molar-refractivity contribution in [2.45, 2.75) is 17.7 Å². The Morgan fingerprint density at radius 1 is 1.58 bits per heavy atom. The van der Waals surface area contributed by atoms with Crippen LogP contribution in [0.1, 0.15) is 21.0 Å². The zero-order valence-corrected chi connectivity index (χ0v) is 8.00. The summed E-state index contributed by atoms with van der Waals surface area (Å²) in [5.41, 5.74) is 0. The summed E-state index contributed by atoms with van der Waals surface area (Å²) in [6, 6.07) is 1.80. The third kappa shape index (κ3) is 1.36. The number of hydrogen-bond donors (Lipinski definition) is 1. The van der Waals surface area contributed by atoms with E-state index in [0.29, 0.717) is 4.88 Å². The molecule has 12 heavy (non-hydrogen) atoms. The van der Waals surface area contributed by atoms with E-state index in [4.69, 9.17) is 5.11 Å². The van der Waals surface area contributed by atoms with E-state index in [9.17, 15) is 4.79 Å². The van der Waals surface area contributed by atoms with Gasteiger partial charge in [-0.05, 0) is 24.7 Å². The van der Waals surface area contributed by atoms with Crippen molar-refractivity contribution in [1.82, 2.24) is 0 Å². The second kappa shape index (κ2) is 3.11. The first-order valence-corrected chi connectivity index (χ1v) is 5.56. The average Bonchev–Trinajstić information content (AvgIpc) is 2.46. The Kier molecular flexibility index (Phi) is 2.11. The summed E-state index contributed by atoms with van der Waals surface area (Å²) in [6.07, 6.45) is 2.23. The Morgan fingerprint density at radius 3 is 3.08 bits per heavy atom. The molecule has 1 aromatic rings. The molecule has 2 heterocycles. The summed E-state index contributed by atoms with van der Waals surface area (Å²) in [4.78, 5) is 13.5. The fourth-order valence-corrected chi connectivity index (χ4v) is 3.51. The lowest BCUT2D eigenvalue weighted by Crippen LogP contribution is -1.92. The maximum absolute atomic E-state index is 10.6. The molecule has 0 bridgehead atoms. The summed E-state index contributed by atoms with van der Waals surface area (Å²) < 4.78 is 0. The van der Waals surface area contributed by atoms with Crippen molar-refractivity contribution in [1.29, 1.82) is 0 Å². The van der Waals surface area contributed by atoms with Crippen LogP contribution in [0.3, 0.4) is 0 Å². The van der Waals surface area contributed by atoms with Crippen molar-refractivity contribution in [3.63, 3.8) is 0 Å². The van der Waals surface area contributed by atoms with Gasteiger partial charge in [0.1, 0.15) is 4.88 Å². The minimum Gasteiger partial charge on any atom is -0.477 e. The topological polar surface area (TPSA) is 37.3 Å². The number of rotatable bonds is 1. The van der Waals surface area contributed by atoms with Gasteiger partial charge in [-0.1, -0.05) is 0 Å². The molecule has 64 valence electrons. The van der Waals surface area contributed by atoms with Crippen LogP contribution in [0.25, 0.3) is 0 Å². The van der Waals surface area contributed by atoms with Crippen LogP contribution < -0.4 is 0 Å². The van der Waals surface area contributed by atoms with Gasteiger partial charge in [-0.3, -0.25) is 0 Å². The van der Waals surface area contributed by atoms with Crippen LogP contribution in [0.2, 0.25) is 0 Å². The van der Waals surface area contributed by atoms with Gasteiger partial charge in [-0.15, -0.1) is 23.1 Å². The van der Waals surface area contributed by atoms with Crippen molar-refractivity contribution in [3.8, 4) is 0 Å². The quantitative estimate of drug-likeness (QED) is 0.756. The summed E-state index contributed by atoms with van der Waals surface area (Å²) >= 11 is 3.20. The maximum atomic E-state index is 10.6. The van der Waals surface area contributed by atoms with Crippen LogP contribution in [0.15, 0.2) is 11.0 Å². The number of carbonyl (C=O) groups is 1. The van der Waals surface area contributed by atoms with E-state index in [1.807, 2.05) is 0 Å². The molecule has 1 N–H and O–H groups in total. The predicted molar refractivity (Wildman–Crippen MR) is 50.3 cm³/mol. The minimum atomic E-state index is -0.796. The van der Waals surface area contributed by atoms with Crippen molar-refractivity contribution < 1.29 is 9.90 Å². The Morgan fingerprint density at radius 2 is 2.42 bits per heavy atom.